The summed E-state index contributed by atoms with van der Waals surface area (Å²) >= 11 is 3.08. The number of halogens is 4. The van der Waals surface area contributed by atoms with E-state index in [1.165, 1.54) is 18.2 Å². The van der Waals surface area contributed by atoms with Gasteiger partial charge in [0.25, 0.3) is 0 Å². The van der Waals surface area contributed by atoms with Crippen molar-refractivity contribution < 1.29 is 17.9 Å². The first-order chi connectivity index (χ1) is 10.0. The Morgan fingerprint density at radius 1 is 1.05 bits per heavy atom. The summed E-state index contributed by atoms with van der Waals surface area (Å²) in [4.78, 5) is 0. The molecule has 0 amide bonds. The Labute approximate surface area is 128 Å². The highest BCUT2D eigenvalue weighted by Crippen LogP contribution is 2.33. The average Bonchev–Trinajstić information content (AvgIpc) is 2.45. The maximum atomic E-state index is 14.2. The highest BCUT2D eigenvalue weighted by Gasteiger charge is 2.22. The van der Waals surface area contributed by atoms with Crippen molar-refractivity contribution in [2.45, 2.75) is 12.7 Å². The van der Waals surface area contributed by atoms with Gasteiger partial charge in [-0.1, -0.05) is 30.3 Å². The lowest BCUT2D eigenvalue weighted by Crippen LogP contribution is -2.30. The van der Waals surface area contributed by atoms with Gasteiger partial charge in [0.15, 0.2) is 0 Å². The third-order valence-corrected chi connectivity index (χ3v) is 3.52. The quantitative estimate of drug-likeness (QED) is 0.630. The fourth-order valence-corrected chi connectivity index (χ4v) is 2.39. The van der Waals surface area contributed by atoms with Gasteiger partial charge in [-0.05, 0) is 28.1 Å². The van der Waals surface area contributed by atoms with Gasteiger partial charge < -0.3 is 4.74 Å². The number of hydrogen-bond donors (Lipinski definition) is 2. The van der Waals surface area contributed by atoms with Crippen LogP contribution in [0, 0.1) is 5.82 Å². The molecule has 21 heavy (non-hydrogen) atoms. The average molecular weight is 361 g/mol. The number of rotatable bonds is 5. The molecule has 0 radical (unpaired) electrons. The minimum Gasteiger partial charge on any atom is -0.434 e. The molecule has 3 nitrogen and oxygen atoms in total. The van der Waals surface area contributed by atoms with Gasteiger partial charge in [0.1, 0.15) is 11.6 Å². The lowest BCUT2D eigenvalue weighted by Gasteiger charge is -2.21. The van der Waals surface area contributed by atoms with E-state index in [9.17, 15) is 13.2 Å². The first kappa shape index (κ1) is 15.8. The third kappa shape index (κ3) is 3.55. The molecule has 0 aliphatic heterocycles. The van der Waals surface area contributed by atoms with Gasteiger partial charge >= 0.3 is 6.61 Å². The van der Waals surface area contributed by atoms with Crippen LogP contribution in [-0.2, 0) is 0 Å². The Morgan fingerprint density at radius 3 is 2.38 bits per heavy atom. The summed E-state index contributed by atoms with van der Waals surface area (Å²) in [6.07, 6.45) is 0. The van der Waals surface area contributed by atoms with E-state index in [0.717, 1.165) is 0 Å². The predicted molar refractivity (Wildman–Crippen MR) is 76.3 cm³/mol. The molecule has 0 heterocycles. The summed E-state index contributed by atoms with van der Waals surface area (Å²) < 4.78 is 43.8. The number of para-hydroxylation sites is 1. The SMILES string of the molecule is NNC(c1ccccc1OC(F)F)c1cccc(Br)c1F. The van der Waals surface area contributed by atoms with Gasteiger partial charge in [0, 0.05) is 11.1 Å². The Kier molecular flexibility index (Phi) is 5.22. The summed E-state index contributed by atoms with van der Waals surface area (Å²) in [7, 11) is 0. The van der Waals surface area contributed by atoms with Crippen LogP contribution in [0.25, 0.3) is 0 Å². The summed E-state index contributed by atoms with van der Waals surface area (Å²) in [6.45, 7) is -2.98. The molecule has 0 aliphatic carbocycles. The maximum absolute atomic E-state index is 14.2. The molecule has 0 saturated carbocycles. The van der Waals surface area contributed by atoms with E-state index in [1.54, 1.807) is 24.3 Å². The predicted octanol–water partition coefficient (Wildman–Crippen LogP) is 3.74. The smallest absolute Gasteiger partial charge is 0.387 e. The minimum atomic E-state index is -2.98. The monoisotopic (exact) mass is 360 g/mol. The number of hydrogen-bond acceptors (Lipinski definition) is 3. The minimum absolute atomic E-state index is 0.0603. The van der Waals surface area contributed by atoms with Gasteiger partial charge in [-0.2, -0.15) is 8.78 Å². The second kappa shape index (κ2) is 6.93. The van der Waals surface area contributed by atoms with Crippen LogP contribution >= 0.6 is 15.9 Å². The molecule has 0 saturated heterocycles. The lowest BCUT2D eigenvalue weighted by atomic mass is 9.98. The lowest BCUT2D eigenvalue weighted by molar-refractivity contribution is -0.0506. The second-order valence-corrected chi connectivity index (χ2v) is 5.01. The summed E-state index contributed by atoms with van der Waals surface area (Å²) in [6, 6.07) is 9.96. The Balaban J connectivity index is 2.49. The largest absolute Gasteiger partial charge is 0.434 e. The molecule has 0 spiro atoms. The van der Waals surface area contributed by atoms with Gasteiger partial charge in [0.05, 0.1) is 10.5 Å². The molecule has 1 atom stereocenters. The Bertz CT molecular complexity index is 625. The van der Waals surface area contributed by atoms with E-state index < -0.39 is 18.5 Å². The molecule has 1 unspecified atom stereocenters. The molecule has 2 rings (SSSR count). The van der Waals surface area contributed by atoms with Crippen molar-refractivity contribution in [2.24, 2.45) is 5.84 Å². The van der Waals surface area contributed by atoms with Crippen molar-refractivity contribution in [2.75, 3.05) is 0 Å². The van der Waals surface area contributed by atoms with Gasteiger partial charge in [-0.15, -0.1) is 0 Å². The van der Waals surface area contributed by atoms with Crippen LogP contribution in [0.3, 0.4) is 0 Å². The van der Waals surface area contributed by atoms with E-state index >= 15 is 0 Å². The van der Waals surface area contributed by atoms with Crippen molar-refractivity contribution in [1.82, 2.24) is 5.43 Å². The van der Waals surface area contributed by atoms with E-state index in [0.29, 0.717) is 5.56 Å². The van der Waals surface area contributed by atoms with E-state index in [1.807, 2.05) is 0 Å². The zero-order valence-electron chi connectivity index (χ0n) is 10.7. The third-order valence-electron chi connectivity index (χ3n) is 2.91. The number of nitrogens with one attached hydrogen (secondary N) is 1. The second-order valence-electron chi connectivity index (χ2n) is 4.16. The van der Waals surface area contributed by atoms with Crippen molar-refractivity contribution in [3.63, 3.8) is 0 Å². The zero-order chi connectivity index (χ0) is 15.4. The normalized spacial score (nSPS) is 12.5. The van der Waals surface area contributed by atoms with Crippen LogP contribution in [0.15, 0.2) is 46.9 Å². The molecule has 7 heteroatoms. The van der Waals surface area contributed by atoms with Gasteiger partial charge in [-0.25, -0.2) is 9.82 Å². The van der Waals surface area contributed by atoms with Crippen molar-refractivity contribution >= 4 is 15.9 Å². The van der Waals surface area contributed by atoms with Crippen LogP contribution in [0.5, 0.6) is 5.75 Å². The fourth-order valence-electron chi connectivity index (χ4n) is 2.01. The van der Waals surface area contributed by atoms with Crippen LogP contribution in [0.2, 0.25) is 0 Å². The molecular weight excluding hydrogens is 349 g/mol. The number of benzene rings is 2. The highest BCUT2D eigenvalue weighted by atomic mass is 79.9. The van der Waals surface area contributed by atoms with Gasteiger partial charge in [0.2, 0.25) is 0 Å². The molecule has 0 fully saturated rings. The molecule has 112 valence electrons. The molecule has 0 bridgehead atoms. The first-order valence-electron chi connectivity index (χ1n) is 5.98. The summed E-state index contributed by atoms with van der Waals surface area (Å²) in [5, 5.41) is 0. The molecule has 0 aromatic heterocycles. The maximum Gasteiger partial charge on any atom is 0.387 e. The highest BCUT2D eigenvalue weighted by molar-refractivity contribution is 9.10. The Morgan fingerprint density at radius 2 is 1.71 bits per heavy atom. The molecule has 2 aromatic carbocycles. The van der Waals surface area contributed by atoms with Gasteiger partial charge in [-0.3, -0.25) is 5.84 Å². The first-order valence-corrected chi connectivity index (χ1v) is 6.77. The summed E-state index contributed by atoms with van der Waals surface area (Å²) in [5.41, 5.74) is 2.97. The topological polar surface area (TPSA) is 47.3 Å². The molecule has 0 aliphatic rings. The van der Waals surface area contributed by atoms with Crippen LogP contribution in [0.1, 0.15) is 17.2 Å². The Hall–Kier alpha value is -1.57. The number of alkyl halides is 2. The van der Waals surface area contributed by atoms with Crippen LogP contribution < -0.4 is 16.0 Å². The van der Waals surface area contributed by atoms with Crippen molar-refractivity contribution in [3.8, 4) is 5.75 Å². The fraction of sp³-hybridized carbons (Fsp3) is 0.143. The van der Waals surface area contributed by atoms with Crippen LogP contribution in [0.4, 0.5) is 13.2 Å². The summed E-state index contributed by atoms with van der Waals surface area (Å²) in [5.74, 6) is 4.90. The molecule has 3 N–H and O–H groups in total. The van der Waals surface area contributed by atoms with Crippen molar-refractivity contribution in [1.29, 1.82) is 0 Å². The van der Waals surface area contributed by atoms with Crippen LogP contribution in [-0.4, -0.2) is 6.61 Å². The van der Waals surface area contributed by atoms with E-state index in [2.05, 4.69) is 26.1 Å². The standard InChI is InChI=1S/C14H12BrF3N2O/c15-10-6-3-5-9(12(10)16)13(20-19)8-4-1-2-7-11(8)21-14(17)18/h1-7,13-14,20H,19H2. The number of nitrogens with two attached hydrogens (primary N) is 1. The molecular formula is C14H12BrF3N2O. The van der Waals surface area contributed by atoms with E-state index in [4.69, 9.17) is 5.84 Å². The molecule has 2 aromatic rings. The number of ether oxygens (including phenoxy) is 1. The number of hydrazine groups is 1. The van der Waals surface area contributed by atoms with E-state index in [-0.39, 0.29) is 15.8 Å². The van der Waals surface area contributed by atoms with Crippen molar-refractivity contribution in [3.05, 3.63) is 63.9 Å². The zero-order valence-corrected chi connectivity index (χ0v) is 12.3.